The van der Waals surface area contributed by atoms with Crippen molar-refractivity contribution < 1.29 is 214 Å². The number of aromatic nitrogens is 2. The van der Waals surface area contributed by atoms with Crippen LogP contribution in [-0.4, -0.2) is 101 Å². The van der Waals surface area contributed by atoms with E-state index in [9.17, 15) is 30.8 Å². The van der Waals surface area contributed by atoms with Gasteiger partial charge >= 0.3 is 138 Å². The summed E-state index contributed by atoms with van der Waals surface area (Å²) in [4.78, 5) is 43.5. The summed E-state index contributed by atoms with van der Waals surface area (Å²) in [5, 5.41) is 18.6. The minimum atomic E-state index is -3.71. The number of benzene rings is 4. The van der Waals surface area contributed by atoms with Crippen LogP contribution >= 0.6 is 46.4 Å². The summed E-state index contributed by atoms with van der Waals surface area (Å²) in [5.41, 5.74) is 4.36. The summed E-state index contributed by atoms with van der Waals surface area (Å²) in [5.74, 6) is -0.767. The first-order chi connectivity index (χ1) is 34.4. The Morgan fingerprint density at radius 3 is 1.51 bits per heavy atom. The fraction of sp³-hybridized carbons (Fsp3) is 0.213. The molecule has 0 atom stereocenters. The molecule has 2 saturated heterocycles. The molecule has 19 nitrogen and oxygen atoms in total. The van der Waals surface area contributed by atoms with Gasteiger partial charge in [-0.3, -0.25) is 14.4 Å². The maximum Gasteiger partial charge on any atom is 1.00 e. The van der Waals surface area contributed by atoms with Gasteiger partial charge in [0, 0.05) is 55.8 Å². The van der Waals surface area contributed by atoms with Gasteiger partial charge in [0.1, 0.15) is 40.2 Å². The number of sulfonamides is 2. The molecule has 0 saturated carbocycles. The number of phenolic OH excluding ortho intramolecular Hbond substituents is 1. The van der Waals surface area contributed by atoms with E-state index in [-0.39, 0.29) is 191 Å². The van der Waals surface area contributed by atoms with Crippen LogP contribution in [0.1, 0.15) is 33.3 Å². The second-order valence-electron chi connectivity index (χ2n) is 15.5. The number of rotatable bonds is 13. The molecule has 3 N–H and O–H groups in total. The fourth-order valence-electron chi connectivity index (χ4n) is 5.92. The third kappa shape index (κ3) is 21.7. The number of ether oxygens (including phenoxy) is 5. The predicted molar refractivity (Wildman–Crippen MR) is 267 cm³/mol. The number of hydrogen-bond acceptors (Lipinski definition) is 17. The molecular formula is C47H43Cl4Cs2FN4O15S2. The van der Waals surface area contributed by atoms with Crippen molar-refractivity contribution in [3.05, 3.63) is 146 Å². The molecule has 6 aromatic rings. The van der Waals surface area contributed by atoms with Gasteiger partial charge in [-0.1, -0.05) is 58.5 Å². The van der Waals surface area contributed by atoms with Gasteiger partial charge in [0.05, 0.1) is 44.0 Å². The normalized spacial score (nSPS) is 12.7. The van der Waals surface area contributed by atoms with Crippen molar-refractivity contribution in [2.24, 2.45) is 0 Å². The Labute approximate surface area is 570 Å². The van der Waals surface area contributed by atoms with Crippen LogP contribution in [0, 0.1) is 19.8 Å². The van der Waals surface area contributed by atoms with Gasteiger partial charge in [-0.15, -0.1) is 0 Å². The maximum atomic E-state index is 13.3. The Hall–Kier alpha value is -2.24. The van der Waals surface area contributed by atoms with Crippen LogP contribution in [0.15, 0.2) is 97.3 Å². The average Bonchev–Trinajstić information content (AvgIpc) is 3.29. The summed E-state index contributed by atoms with van der Waals surface area (Å²) in [6, 6.07) is 22.2. The van der Waals surface area contributed by atoms with Crippen LogP contribution in [0.3, 0.4) is 0 Å². The Kier molecular flexibility index (Phi) is 28.2. The molecule has 0 spiro atoms. The van der Waals surface area contributed by atoms with Crippen molar-refractivity contribution in [2.75, 3.05) is 38.9 Å². The van der Waals surface area contributed by atoms with Gasteiger partial charge in [0.2, 0.25) is 31.9 Å². The van der Waals surface area contributed by atoms with E-state index in [1.165, 1.54) is 42.6 Å². The summed E-state index contributed by atoms with van der Waals surface area (Å²) in [6.45, 7) is 5.19. The molecule has 390 valence electrons. The number of nitrogens with zero attached hydrogens (tertiary/aromatic N) is 2. The fourth-order valence-corrected chi connectivity index (χ4v) is 7.55. The molecule has 8 rings (SSSR count). The molecule has 2 aliphatic heterocycles. The quantitative estimate of drug-likeness (QED) is 0.0641. The van der Waals surface area contributed by atoms with Crippen LogP contribution < -0.4 is 167 Å². The number of pyridine rings is 2. The van der Waals surface area contributed by atoms with Gasteiger partial charge in [0.15, 0.2) is 0 Å². The molecule has 2 aromatic heterocycles. The van der Waals surface area contributed by atoms with E-state index < -0.39 is 37.8 Å². The number of aryl methyl sites for hydroxylation is 2. The minimum Gasteiger partial charge on any atom is -1.00 e. The first kappa shape index (κ1) is 67.0. The molecule has 0 aliphatic carbocycles. The molecule has 28 heteroatoms. The molecule has 0 bridgehead atoms. The van der Waals surface area contributed by atoms with Gasteiger partial charge in [0.25, 0.3) is 18.3 Å². The zero-order valence-electron chi connectivity index (χ0n) is 41.6. The van der Waals surface area contributed by atoms with E-state index in [1.807, 2.05) is 29.4 Å². The first-order valence-corrected chi connectivity index (χ1v) is 26.1. The van der Waals surface area contributed by atoms with Crippen LogP contribution in [0.4, 0.5) is 4.39 Å². The van der Waals surface area contributed by atoms with Crippen molar-refractivity contribution in [3.63, 3.8) is 0 Å². The van der Waals surface area contributed by atoms with E-state index in [4.69, 9.17) is 85.2 Å². The van der Waals surface area contributed by atoms with Crippen LogP contribution in [0.2, 0.25) is 20.1 Å². The molecule has 0 unspecified atom stereocenters. The van der Waals surface area contributed by atoms with E-state index in [1.54, 1.807) is 48.7 Å². The third-order valence-corrected chi connectivity index (χ3v) is 12.1. The maximum absolute atomic E-state index is 13.3. The van der Waals surface area contributed by atoms with Crippen molar-refractivity contribution in [3.8, 4) is 51.1 Å². The Bertz CT molecular complexity index is 3230. The van der Waals surface area contributed by atoms with Crippen molar-refractivity contribution in [1.82, 2.24) is 19.4 Å². The second-order valence-corrected chi connectivity index (χ2v) is 20.7. The predicted octanol–water partition coefficient (Wildman–Crippen LogP) is 1.54. The summed E-state index contributed by atoms with van der Waals surface area (Å²) in [7, 11) is -7.42. The first-order valence-electron chi connectivity index (χ1n) is 20.8. The van der Waals surface area contributed by atoms with Crippen LogP contribution in [-0.2, 0) is 39.2 Å². The zero-order chi connectivity index (χ0) is 53.6. The zero-order valence-corrected chi connectivity index (χ0v) is 57.8. The average molecular weight is 1390 g/mol. The number of nitrogens with one attached hydrogen (secondary N) is 2. The van der Waals surface area contributed by atoms with E-state index in [0.29, 0.717) is 76.0 Å². The Balaban J connectivity index is 0.000000415. The molecule has 75 heavy (non-hydrogen) atoms. The van der Waals surface area contributed by atoms with Crippen molar-refractivity contribution in [1.29, 1.82) is 0 Å². The molecular weight excluding hydrogens is 1350 g/mol. The standard InChI is InChI=1S/C23H20Cl2N2O6S.C16H14ClFN2O5S.C7H7ClO.CH2O3.2Cs.H/c1-13-3-5-16(9-19(13)24)33-23-20(25)7-15(10-26-23)18-6-4-14(22(28)27-34(2,29)30)8-21(18)32-17-11-31-12-17;1-26(22,23)20-16(21)9-2-3-12(10-4-13(17)15(18)19-6-10)14(5-9)25-11-7-24-8-11;1-5-2-3-6(9)4-7(5)8;2-1-4-3;;;/h3-10,17H,11-12H2,1-2H3,(H,27,28);2-6,11H,7-8H2,1H3,(H,20,21);2-4,9H,1H3;1,3H;;;/q;;;;2*+1;-1/p-1. The molecule has 2 aliphatic rings. The largest absolute Gasteiger partial charge is 1.00 e. The third-order valence-electron chi connectivity index (χ3n) is 9.62. The monoisotopic (exact) mass is 1390 g/mol. The Morgan fingerprint density at radius 1 is 0.693 bits per heavy atom. The number of amides is 2. The van der Waals surface area contributed by atoms with Crippen molar-refractivity contribution in [2.45, 2.75) is 26.1 Å². The number of carbonyl (C=O) groups excluding carboxylic acids is 3. The number of halogens is 5. The topological polar surface area (TPSA) is 268 Å². The molecule has 2 amide bonds. The van der Waals surface area contributed by atoms with Crippen molar-refractivity contribution >= 4 is 84.7 Å². The van der Waals surface area contributed by atoms with E-state index in [2.05, 4.69) is 14.9 Å². The summed E-state index contributed by atoms with van der Waals surface area (Å²) in [6.07, 6.45) is 4.25. The van der Waals surface area contributed by atoms with E-state index in [0.717, 1.165) is 23.6 Å². The van der Waals surface area contributed by atoms with Crippen LogP contribution in [0.5, 0.6) is 28.9 Å². The number of aromatic hydroxyl groups is 1. The summed E-state index contributed by atoms with van der Waals surface area (Å²) < 4.78 is 90.3. The van der Waals surface area contributed by atoms with Gasteiger partial charge in [-0.25, -0.2) is 36.2 Å². The smallest absolute Gasteiger partial charge is 1.00 e. The number of carbonyl (C=O) groups is 3. The van der Waals surface area contributed by atoms with Gasteiger partial charge in [-0.2, -0.15) is 4.39 Å². The second kappa shape index (κ2) is 31.5. The molecule has 4 heterocycles. The van der Waals surface area contributed by atoms with E-state index >= 15 is 0 Å². The number of phenols is 1. The molecule has 0 radical (unpaired) electrons. The summed E-state index contributed by atoms with van der Waals surface area (Å²) >= 11 is 24.0. The van der Waals surface area contributed by atoms with Crippen LogP contribution in [0.25, 0.3) is 22.3 Å². The van der Waals surface area contributed by atoms with Gasteiger partial charge in [-0.05, 0) is 97.8 Å². The molecule has 4 aromatic carbocycles. The Morgan fingerprint density at radius 2 is 1.13 bits per heavy atom. The minimum absolute atomic E-state index is 0. The van der Waals surface area contributed by atoms with Gasteiger partial charge < -0.3 is 40.4 Å². The SMILES string of the molecule is CS(=O)(=O)NC(=O)c1ccc(-c2cnc(F)c(Cl)c2)c(OC2COC2)c1.Cc1ccc(O)cc1Cl.Cc1ccc(Oc2ncc(-c3ccc(C(=O)NS(C)(=O)=O)cc3OC3COC3)cc2Cl)cc1Cl.O=CO[O-].[Cs+].[Cs+].[H-]. The molecule has 2 fully saturated rings. The number of hydrogen-bond donors (Lipinski definition) is 3.